The van der Waals surface area contributed by atoms with Crippen LogP contribution in [0.2, 0.25) is 0 Å². The fourth-order valence-corrected chi connectivity index (χ4v) is 2.08. The number of nitrogens with zero attached hydrogens (tertiary/aromatic N) is 1. The molecular formula is C13H18N2O. The van der Waals surface area contributed by atoms with Crippen LogP contribution < -0.4 is 10.2 Å². The number of nitrogens with one attached hydrogen (secondary N) is 1. The Kier molecular flexibility index (Phi) is 2.86. The van der Waals surface area contributed by atoms with Crippen molar-refractivity contribution >= 4 is 11.7 Å². The first-order chi connectivity index (χ1) is 7.59. The molecule has 0 aliphatic carbocycles. The van der Waals surface area contributed by atoms with Gasteiger partial charge in [0.25, 0.3) is 0 Å². The second-order valence-electron chi connectivity index (χ2n) is 4.60. The van der Waals surface area contributed by atoms with Gasteiger partial charge in [-0.2, -0.15) is 0 Å². The molecule has 1 fully saturated rings. The zero-order valence-electron chi connectivity index (χ0n) is 10.1. The van der Waals surface area contributed by atoms with Crippen molar-refractivity contribution in [1.29, 1.82) is 0 Å². The number of carbonyl (C=O) groups is 1. The first-order valence-electron chi connectivity index (χ1n) is 5.75. The topological polar surface area (TPSA) is 32.3 Å². The number of benzene rings is 1. The minimum absolute atomic E-state index is 0.0208. The third-order valence-electron chi connectivity index (χ3n) is 2.96. The number of urea groups is 1. The van der Waals surface area contributed by atoms with Gasteiger partial charge in [0, 0.05) is 18.8 Å². The molecule has 1 aromatic carbocycles. The third-order valence-corrected chi connectivity index (χ3v) is 2.96. The van der Waals surface area contributed by atoms with E-state index < -0.39 is 0 Å². The van der Waals surface area contributed by atoms with Gasteiger partial charge in [0.05, 0.1) is 0 Å². The summed E-state index contributed by atoms with van der Waals surface area (Å²) in [6.07, 6.45) is 0. The van der Waals surface area contributed by atoms with Gasteiger partial charge in [0.2, 0.25) is 0 Å². The van der Waals surface area contributed by atoms with E-state index in [0.29, 0.717) is 5.92 Å². The number of rotatable bonds is 2. The highest BCUT2D eigenvalue weighted by atomic mass is 16.2. The standard InChI is InChI=1S/C13H18N2O/c1-9(2)11-5-4-10(3)8-12(11)15-7-6-14-13(15)16/h4-5,8-9H,6-7H2,1-3H3,(H,14,16). The highest BCUT2D eigenvalue weighted by molar-refractivity contribution is 5.95. The lowest BCUT2D eigenvalue weighted by Crippen LogP contribution is -2.28. The number of anilines is 1. The average Bonchev–Trinajstić information content (AvgIpc) is 2.63. The van der Waals surface area contributed by atoms with Crippen molar-refractivity contribution in [1.82, 2.24) is 5.32 Å². The number of aryl methyl sites for hydroxylation is 1. The number of carbonyl (C=O) groups excluding carboxylic acids is 1. The molecule has 0 saturated carbocycles. The van der Waals surface area contributed by atoms with Crippen molar-refractivity contribution in [3.05, 3.63) is 29.3 Å². The van der Waals surface area contributed by atoms with Gasteiger partial charge in [-0.15, -0.1) is 0 Å². The molecule has 86 valence electrons. The summed E-state index contributed by atoms with van der Waals surface area (Å²) in [6.45, 7) is 7.87. The van der Waals surface area contributed by atoms with Gasteiger partial charge < -0.3 is 5.32 Å². The van der Waals surface area contributed by atoms with Crippen LogP contribution in [0, 0.1) is 6.92 Å². The monoisotopic (exact) mass is 218 g/mol. The van der Waals surface area contributed by atoms with E-state index in [2.05, 4.69) is 44.3 Å². The van der Waals surface area contributed by atoms with E-state index in [1.807, 2.05) is 4.90 Å². The molecule has 1 heterocycles. The van der Waals surface area contributed by atoms with Crippen LogP contribution in [0.15, 0.2) is 18.2 Å². The van der Waals surface area contributed by atoms with Gasteiger partial charge >= 0.3 is 6.03 Å². The zero-order valence-corrected chi connectivity index (χ0v) is 10.1. The van der Waals surface area contributed by atoms with Crippen LogP contribution in [0.25, 0.3) is 0 Å². The van der Waals surface area contributed by atoms with E-state index in [0.717, 1.165) is 18.8 Å². The molecule has 2 rings (SSSR count). The molecule has 0 radical (unpaired) electrons. The lowest BCUT2D eigenvalue weighted by molar-refractivity contribution is 0.252. The fourth-order valence-electron chi connectivity index (χ4n) is 2.08. The number of hydrogen-bond acceptors (Lipinski definition) is 1. The van der Waals surface area contributed by atoms with Crippen LogP contribution >= 0.6 is 0 Å². The summed E-state index contributed by atoms with van der Waals surface area (Å²) in [5.41, 5.74) is 3.49. The molecule has 16 heavy (non-hydrogen) atoms. The summed E-state index contributed by atoms with van der Waals surface area (Å²) in [5.74, 6) is 0.434. The minimum Gasteiger partial charge on any atom is -0.336 e. The summed E-state index contributed by atoms with van der Waals surface area (Å²) in [5, 5.41) is 2.84. The van der Waals surface area contributed by atoms with Gasteiger partial charge in [0.1, 0.15) is 0 Å². The average molecular weight is 218 g/mol. The molecule has 1 aromatic rings. The molecule has 0 unspecified atom stereocenters. The molecule has 1 N–H and O–H groups in total. The van der Waals surface area contributed by atoms with E-state index in [1.54, 1.807) is 0 Å². The van der Waals surface area contributed by atoms with Gasteiger partial charge in [-0.1, -0.05) is 26.0 Å². The van der Waals surface area contributed by atoms with E-state index >= 15 is 0 Å². The molecular weight excluding hydrogens is 200 g/mol. The summed E-state index contributed by atoms with van der Waals surface area (Å²) < 4.78 is 0. The van der Waals surface area contributed by atoms with Crippen molar-refractivity contribution < 1.29 is 4.79 Å². The van der Waals surface area contributed by atoms with Gasteiger partial charge in [-0.25, -0.2) is 4.79 Å². The smallest absolute Gasteiger partial charge is 0.322 e. The number of hydrogen-bond donors (Lipinski definition) is 1. The Labute approximate surface area is 96.5 Å². The Balaban J connectivity index is 2.44. The molecule has 0 aromatic heterocycles. The van der Waals surface area contributed by atoms with Crippen LogP contribution in [-0.4, -0.2) is 19.1 Å². The van der Waals surface area contributed by atoms with Crippen molar-refractivity contribution in [3.63, 3.8) is 0 Å². The van der Waals surface area contributed by atoms with Crippen molar-refractivity contribution in [3.8, 4) is 0 Å². The molecule has 2 amide bonds. The molecule has 1 aliphatic rings. The van der Waals surface area contributed by atoms with Crippen molar-refractivity contribution in [2.45, 2.75) is 26.7 Å². The lowest BCUT2D eigenvalue weighted by atomic mass is 9.99. The maximum Gasteiger partial charge on any atom is 0.322 e. The Bertz CT molecular complexity index is 412. The summed E-state index contributed by atoms with van der Waals surface area (Å²) in [7, 11) is 0. The van der Waals surface area contributed by atoms with E-state index in [4.69, 9.17) is 0 Å². The highest BCUT2D eigenvalue weighted by Gasteiger charge is 2.24. The Morgan fingerprint density at radius 2 is 2.12 bits per heavy atom. The van der Waals surface area contributed by atoms with Crippen LogP contribution in [-0.2, 0) is 0 Å². The summed E-state index contributed by atoms with van der Waals surface area (Å²) in [4.78, 5) is 13.5. The molecule has 0 spiro atoms. The molecule has 1 aliphatic heterocycles. The molecule has 3 heteroatoms. The fraction of sp³-hybridized carbons (Fsp3) is 0.462. The maximum atomic E-state index is 11.7. The first-order valence-corrected chi connectivity index (χ1v) is 5.75. The van der Waals surface area contributed by atoms with Crippen LogP contribution in [0.5, 0.6) is 0 Å². The molecule has 1 saturated heterocycles. The SMILES string of the molecule is Cc1ccc(C(C)C)c(N2CCNC2=O)c1. The molecule has 0 atom stereocenters. The number of amides is 2. The van der Waals surface area contributed by atoms with E-state index in [1.165, 1.54) is 11.1 Å². The minimum atomic E-state index is 0.0208. The third kappa shape index (κ3) is 1.90. The van der Waals surface area contributed by atoms with Crippen molar-refractivity contribution in [2.75, 3.05) is 18.0 Å². The lowest BCUT2D eigenvalue weighted by Gasteiger charge is -2.21. The van der Waals surface area contributed by atoms with Gasteiger partial charge in [-0.05, 0) is 30.0 Å². The largest absolute Gasteiger partial charge is 0.336 e. The quantitative estimate of drug-likeness (QED) is 0.813. The molecule has 0 bridgehead atoms. The normalized spacial score (nSPS) is 15.8. The molecule has 3 nitrogen and oxygen atoms in total. The van der Waals surface area contributed by atoms with E-state index in [-0.39, 0.29) is 6.03 Å². The van der Waals surface area contributed by atoms with Crippen LogP contribution in [0.1, 0.15) is 30.9 Å². The second-order valence-corrected chi connectivity index (χ2v) is 4.60. The van der Waals surface area contributed by atoms with Gasteiger partial charge in [-0.3, -0.25) is 4.90 Å². The zero-order chi connectivity index (χ0) is 11.7. The summed E-state index contributed by atoms with van der Waals surface area (Å²) >= 11 is 0. The van der Waals surface area contributed by atoms with Crippen molar-refractivity contribution in [2.24, 2.45) is 0 Å². The first kappa shape index (κ1) is 11.0. The Morgan fingerprint density at radius 3 is 2.69 bits per heavy atom. The Morgan fingerprint density at radius 1 is 1.38 bits per heavy atom. The summed E-state index contributed by atoms with van der Waals surface area (Å²) in [6, 6.07) is 6.35. The predicted octanol–water partition coefficient (Wildman–Crippen LogP) is 2.65. The predicted molar refractivity (Wildman–Crippen MR) is 66.0 cm³/mol. The van der Waals surface area contributed by atoms with Crippen LogP contribution in [0.4, 0.5) is 10.5 Å². The highest BCUT2D eigenvalue weighted by Crippen LogP contribution is 2.29. The second kappa shape index (κ2) is 4.16. The van der Waals surface area contributed by atoms with E-state index in [9.17, 15) is 4.79 Å². The Hall–Kier alpha value is -1.51. The van der Waals surface area contributed by atoms with Crippen LogP contribution in [0.3, 0.4) is 0 Å². The van der Waals surface area contributed by atoms with Gasteiger partial charge in [0.15, 0.2) is 0 Å². The maximum absolute atomic E-state index is 11.7.